The number of carbonyl (C=O) groups excluding carboxylic acids is 4. The van der Waals surface area contributed by atoms with Crippen LogP contribution in [-0.2, 0) is 19.1 Å². The maximum atomic E-state index is 12.4. The Morgan fingerprint density at radius 2 is 1.60 bits per heavy atom. The number of hydrogen-bond acceptors (Lipinski definition) is 5. The van der Waals surface area contributed by atoms with Crippen molar-refractivity contribution in [1.29, 1.82) is 0 Å². The number of nitrogens with one attached hydrogen (secondary N) is 3. The Labute approximate surface area is 206 Å². The van der Waals surface area contributed by atoms with Gasteiger partial charge in [-0.25, -0.2) is 4.79 Å². The predicted octanol–water partition coefficient (Wildman–Crippen LogP) is 2.59. The smallest absolute Gasteiger partial charge is 0.315 e. The van der Waals surface area contributed by atoms with Crippen LogP contribution in [0.2, 0.25) is 0 Å². The average molecular weight is 485 g/mol. The number of likely N-dealkylation sites (N-methyl/N-ethyl adjacent to an activating group) is 1. The number of ether oxygens (including phenoxy) is 1. The molecule has 4 aliphatic carbocycles. The highest BCUT2D eigenvalue weighted by Crippen LogP contribution is 2.55. The van der Waals surface area contributed by atoms with Gasteiger partial charge in [-0.1, -0.05) is 17.7 Å². The summed E-state index contributed by atoms with van der Waals surface area (Å²) in [4.78, 5) is 50.0. The Morgan fingerprint density at radius 1 is 1.00 bits per heavy atom. The molecule has 4 amide bonds. The van der Waals surface area contributed by atoms with E-state index in [9.17, 15) is 19.2 Å². The quantitative estimate of drug-likeness (QED) is 0.466. The molecule has 0 atom stereocenters. The van der Waals surface area contributed by atoms with Gasteiger partial charge in [0, 0.05) is 24.8 Å². The van der Waals surface area contributed by atoms with Crippen molar-refractivity contribution in [2.45, 2.75) is 57.4 Å². The van der Waals surface area contributed by atoms with Gasteiger partial charge in [0.05, 0.1) is 13.0 Å². The molecule has 0 spiro atoms. The summed E-state index contributed by atoms with van der Waals surface area (Å²) in [7, 11) is 1.47. The lowest BCUT2D eigenvalue weighted by atomic mass is 9.53. The molecule has 0 saturated heterocycles. The zero-order chi connectivity index (χ0) is 25.0. The highest BCUT2D eigenvalue weighted by Gasteiger charge is 2.51. The minimum Gasteiger partial charge on any atom is -0.456 e. The first kappa shape index (κ1) is 25.0. The minimum absolute atomic E-state index is 0.0286. The van der Waals surface area contributed by atoms with E-state index in [2.05, 4.69) is 16.0 Å². The fourth-order valence-electron chi connectivity index (χ4n) is 6.29. The minimum atomic E-state index is -0.578. The van der Waals surface area contributed by atoms with Crippen LogP contribution in [0.3, 0.4) is 0 Å². The standard InChI is InChI=1S/C26H36N4O5/c1-17-3-5-21(6-4-17)28-22(31)15-30(2)23(32)16-35-24(33)7-8-27-25(34)29-26-12-18-9-19(13-26)11-20(10-18)14-26/h3-6,18-20H,7-16H2,1-2H3,(H,28,31)(H2,27,29,34). The molecule has 9 nitrogen and oxygen atoms in total. The molecule has 0 heterocycles. The summed E-state index contributed by atoms with van der Waals surface area (Å²) < 4.78 is 5.02. The third-order valence-corrected chi connectivity index (χ3v) is 7.53. The number of amides is 4. The van der Waals surface area contributed by atoms with Gasteiger partial charge < -0.3 is 25.6 Å². The molecule has 1 aromatic rings. The molecule has 0 aliphatic heterocycles. The number of aryl methyl sites for hydroxylation is 1. The van der Waals surface area contributed by atoms with Crippen LogP contribution in [0.4, 0.5) is 10.5 Å². The third kappa shape index (κ3) is 6.74. The molecule has 0 unspecified atom stereocenters. The number of urea groups is 1. The topological polar surface area (TPSA) is 117 Å². The van der Waals surface area contributed by atoms with E-state index in [1.807, 2.05) is 19.1 Å². The molecule has 4 fully saturated rings. The molecule has 4 aliphatic rings. The van der Waals surface area contributed by atoms with Gasteiger partial charge in [0.1, 0.15) is 0 Å². The van der Waals surface area contributed by atoms with Crippen LogP contribution >= 0.6 is 0 Å². The predicted molar refractivity (Wildman–Crippen MR) is 130 cm³/mol. The number of benzene rings is 1. The van der Waals surface area contributed by atoms with E-state index in [4.69, 9.17) is 4.74 Å². The lowest BCUT2D eigenvalue weighted by Crippen LogP contribution is -2.61. The van der Waals surface area contributed by atoms with Crippen molar-refractivity contribution in [3.63, 3.8) is 0 Å². The molecule has 0 aromatic heterocycles. The number of rotatable bonds is 9. The maximum Gasteiger partial charge on any atom is 0.315 e. The molecule has 4 saturated carbocycles. The Bertz CT molecular complexity index is 926. The van der Waals surface area contributed by atoms with Crippen molar-refractivity contribution in [2.24, 2.45) is 17.8 Å². The number of anilines is 1. The van der Waals surface area contributed by atoms with Crippen molar-refractivity contribution in [1.82, 2.24) is 15.5 Å². The van der Waals surface area contributed by atoms with Gasteiger partial charge in [0.25, 0.3) is 5.91 Å². The summed E-state index contributed by atoms with van der Waals surface area (Å²) in [6.07, 6.45) is 7.08. The van der Waals surface area contributed by atoms with E-state index in [1.54, 1.807) is 12.1 Å². The molecule has 0 radical (unpaired) electrons. The Kier molecular flexibility index (Phi) is 7.62. The second-order valence-electron chi connectivity index (χ2n) is 10.7. The number of esters is 1. The van der Waals surface area contributed by atoms with Gasteiger partial charge in [-0.3, -0.25) is 14.4 Å². The van der Waals surface area contributed by atoms with Gasteiger partial charge in [0.15, 0.2) is 6.61 Å². The van der Waals surface area contributed by atoms with Crippen LogP contribution < -0.4 is 16.0 Å². The van der Waals surface area contributed by atoms with Crippen molar-refractivity contribution in [2.75, 3.05) is 32.1 Å². The SMILES string of the molecule is Cc1ccc(NC(=O)CN(C)C(=O)COC(=O)CCNC(=O)NC23CC4CC(CC(C4)C2)C3)cc1. The van der Waals surface area contributed by atoms with E-state index in [1.165, 1.54) is 31.2 Å². The highest BCUT2D eigenvalue weighted by atomic mass is 16.5. The average Bonchev–Trinajstić information content (AvgIpc) is 2.77. The van der Waals surface area contributed by atoms with Gasteiger partial charge in [-0.15, -0.1) is 0 Å². The molecule has 9 heteroatoms. The van der Waals surface area contributed by atoms with Crippen molar-refractivity contribution in [3.05, 3.63) is 29.8 Å². The summed E-state index contributed by atoms with van der Waals surface area (Å²) in [5, 5.41) is 8.67. The molecule has 35 heavy (non-hydrogen) atoms. The second kappa shape index (κ2) is 10.7. The van der Waals surface area contributed by atoms with Crippen LogP contribution in [0.1, 0.15) is 50.5 Å². The van der Waals surface area contributed by atoms with Crippen molar-refractivity contribution >= 4 is 29.5 Å². The molecule has 3 N–H and O–H groups in total. The van der Waals surface area contributed by atoms with Gasteiger partial charge in [-0.05, 0) is 75.3 Å². The monoisotopic (exact) mass is 484 g/mol. The Morgan fingerprint density at radius 3 is 2.20 bits per heavy atom. The largest absolute Gasteiger partial charge is 0.456 e. The van der Waals surface area contributed by atoms with Crippen LogP contribution in [-0.4, -0.2) is 61.0 Å². The molecule has 5 rings (SSSR count). The van der Waals surface area contributed by atoms with Crippen LogP contribution in [0.25, 0.3) is 0 Å². The number of nitrogens with zero attached hydrogens (tertiary/aromatic N) is 1. The van der Waals surface area contributed by atoms with Crippen LogP contribution in [0.5, 0.6) is 0 Å². The van der Waals surface area contributed by atoms with E-state index in [-0.39, 0.29) is 37.0 Å². The van der Waals surface area contributed by atoms with E-state index in [0.717, 1.165) is 42.6 Å². The third-order valence-electron chi connectivity index (χ3n) is 7.53. The fraction of sp³-hybridized carbons (Fsp3) is 0.615. The van der Waals surface area contributed by atoms with E-state index >= 15 is 0 Å². The van der Waals surface area contributed by atoms with Crippen LogP contribution in [0.15, 0.2) is 24.3 Å². The van der Waals surface area contributed by atoms with Crippen molar-refractivity contribution < 1.29 is 23.9 Å². The first-order valence-electron chi connectivity index (χ1n) is 12.5. The van der Waals surface area contributed by atoms with Gasteiger partial charge in [0.2, 0.25) is 5.91 Å². The zero-order valence-electron chi connectivity index (χ0n) is 20.6. The molecule has 1 aromatic carbocycles. The van der Waals surface area contributed by atoms with Gasteiger partial charge >= 0.3 is 12.0 Å². The van der Waals surface area contributed by atoms with E-state index in [0.29, 0.717) is 5.69 Å². The summed E-state index contributed by atoms with van der Waals surface area (Å²) in [5.74, 6) is 0.809. The zero-order valence-corrected chi connectivity index (χ0v) is 20.6. The normalized spacial score (nSPS) is 26.1. The fourth-order valence-corrected chi connectivity index (χ4v) is 6.29. The van der Waals surface area contributed by atoms with E-state index < -0.39 is 18.5 Å². The second-order valence-corrected chi connectivity index (χ2v) is 10.7. The Hall–Kier alpha value is -3.10. The Balaban J connectivity index is 1.10. The van der Waals surface area contributed by atoms with Crippen molar-refractivity contribution in [3.8, 4) is 0 Å². The summed E-state index contributed by atoms with van der Waals surface area (Å²) in [6.45, 7) is 1.48. The summed E-state index contributed by atoms with van der Waals surface area (Å²) in [6, 6.07) is 7.09. The van der Waals surface area contributed by atoms with Gasteiger partial charge in [-0.2, -0.15) is 0 Å². The highest BCUT2D eigenvalue weighted by molar-refractivity contribution is 5.94. The molecular formula is C26H36N4O5. The van der Waals surface area contributed by atoms with Crippen LogP contribution in [0, 0.1) is 24.7 Å². The first-order chi connectivity index (χ1) is 16.7. The number of hydrogen-bond donors (Lipinski definition) is 3. The molecular weight excluding hydrogens is 448 g/mol. The number of carbonyl (C=O) groups is 4. The lowest BCUT2D eigenvalue weighted by molar-refractivity contribution is -0.151. The summed E-state index contributed by atoms with van der Waals surface area (Å²) >= 11 is 0. The maximum absolute atomic E-state index is 12.4. The summed E-state index contributed by atoms with van der Waals surface area (Å²) in [5.41, 5.74) is 1.64. The molecule has 190 valence electrons. The first-order valence-corrected chi connectivity index (χ1v) is 12.5. The lowest BCUT2D eigenvalue weighted by Gasteiger charge is -2.56. The molecule has 4 bridgehead atoms.